The summed E-state index contributed by atoms with van der Waals surface area (Å²) < 4.78 is 5.63. The third-order valence-electron chi connectivity index (χ3n) is 4.49. The van der Waals surface area contributed by atoms with Crippen molar-refractivity contribution in [3.63, 3.8) is 0 Å². The van der Waals surface area contributed by atoms with E-state index in [0.717, 1.165) is 24.3 Å². The summed E-state index contributed by atoms with van der Waals surface area (Å²) in [6.07, 6.45) is 1.59. The van der Waals surface area contributed by atoms with Crippen LogP contribution in [0.4, 0.5) is 5.69 Å². The van der Waals surface area contributed by atoms with Crippen molar-refractivity contribution < 1.29 is 14.3 Å². The van der Waals surface area contributed by atoms with E-state index in [2.05, 4.69) is 12.2 Å². The Morgan fingerprint density at radius 3 is 2.27 bits per heavy atom. The number of hydrogen-bond acceptors (Lipinski definition) is 4. The highest BCUT2D eigenvalue weighted by Gasteiger charge is 2.34. The Hall–Kier alpha value is -2.82. The molecule has 2 aromatic rings. The van der Waals surface area contributed by atoms with Crippen LogP contribution < -0.4 is 10.1 Å². The van der Waals surface area contributed by atoms with Crippen LogP contribution in [-0.2, 0) is 0 Å². The van der Waals surface area contributed by atoms with Gasteiger partial charge in [-0.3, -0.25) is 14.5 Å². The first-order valence-corrected chi connectivity index (χ1v) is 9.05. The summed E-state index contributed by atoms with van der Waals surface area (Å²) in [5, 5.41) is 3.45. The van der Waals surface area contributed by atoms with Crippen LogP contribution in [0.25, 0.3) is 0 Å². The summed E-state index contributed by atoms with van der Waals surface area (Å²) >= 11 is 0. The van der Waals surface area contributed by atoms with E-state index in [1.165, 1.54) is 4.90 Å². The molecule has 0 bridgehead atoms. The second-order valence-corrected chi connectivity index (χ2v) is 6.42. The minimum absolute atomic E-state index is 0.187. The highest BCUT2D eigenvalue weighted by atomic mass is 16.5. The molecule has 26 heavy (non-hydrogen) atoms. The number of nitrogens with one attached hydrogen (secondary N) is 1. The fraction of sp³-hybridized carbons (Fsp3) is 0.333. The van der Waals surface area contributed by atoms with Crippen LogP contribution in [-0.4, -0.2) is 35.9 Å². The molecule has 1 aliphatic rings. The second kappa shape index (κ2) is 8.04. The highest BCUT2D eigenvalue weighted by molar-refractivity contribution is 6.21. The normalized spacial score (nSPS) is 14.3. The van der Waals surface area contributed by atoms with E-state index < -0.39 is 0 Å². The third kappa shape index (κ3) is 3.72. The third-order valence-corrected chi connectivity index (χ3v) is 4.49. The molecule has 1 N–H and O–H groups in total. The van der Waals surface area contributed by atoms with Crippen molar-refractivity contribution in [2.75, 3.05) is 18.5 Å². The smallest absolute Gasteiger partial charge is 0.261 e. The lowest BCUT2D eigenvalue weighted by Gasteiger charge is -2.19. The van der Waals surface area contributed by atoms with E-state index in [1.54, 1.807) is 24.3 Å². The minimum Gasteiger partial charge on any atom is -0.492 e. The molecule has 5 heteroatoms. The van der Waals surface area contributed by atoms with Gasteiger partial charge in [0.1, 0.15) is 5.75 Å². The largest absolute Gasteiger partial charge is 0.492 e. The van der Waals surface area contributed by atoms with Gasteiger partial charge in [0.2, 0.25) is 0 Å². The van der Waals surface area contributed by atoms with Crippen molar-refractivity contribution in [2.45, 2.75) is 32.7 Å². The van der Waals surface area contributed by atoms with Gasteiger partial charge < -0.3 is 10.1 Å². The SMILES string of the molecule is CCOc1ccccc1N[C@@H](C)CCCN1C(=O)c2ccccc2C1=O. The average molecular weight is 352 g/mol. The van der Waals surface area contributed by atoms with Crippen LogP contribution in [0, 0.1) is 0 Å². The zero-order chi connectivity index (χ0) is 18.5. The van der Waals surface area contributed by atoms with E-state index in [0.29, 0.717) is 24.3 Å². The van der Waals surface area contributed by atoms with Gasteiger partial charge in [0.25, 0.3) is 11.8 Å². The second-order valence-electron chi connectivity index (χ2n) is 6.42. The Morgan fingerprint density at radius 1 is 1.00 bits per heavy atom. The fourth-order valence-electron chi connectivity index (χ4n) is 3.20. The topological polar surface area (TPSA) is 58.6 Å². The van der Waals surface area contributed by atoms with Crippen molar-refractivity contribution in [2.24, 2.45) is 0 Å². The summed E-state index contributed by atoms with van der Waals surface area (Å²) in [4.78, 5) is 26.1. The molecule has 5 nitrogen and oxygen atoms in total. The summed E-state index contributed by atoms with van der Waals surface area (Å²) in [6, 6.07) is 15.0. The monoisotopic (exact) mass is 352 g/mol. The number of ether oxygens (including phenoxy) is 1. The number of carbonyl (C=O) groups is 2. The van der Waals surface area contributed by atoms with Crippen LogP contribution in [0.5, 0.6) is 5.75 Å². The van der Waals surface area contributed by atoms with Gasteiger partial charge in [-0.25, -0.2) is 0 Å². The van der Waals surface area contributed by atoms with Crippen molar-refractivity contribution >= 4 is 17.5 Å². The van der Waals surface area contributed by atoms with Gasteiger partial charge in [0, 0.05) is 12.6 Å². The standard InChI is InChI=1S/C21H24N2O3/c1-3-26-19-13-7-6-12-18(19)22-15(2)9-8-14-23-20(24)16-10-4-5-11-17(16)21(23)25/h4-7,10-13,15,22H,3,8-9,14H2,1-2H3/t15-/m0/s1. The Balaban J connectivity index is 1.53. The fourth-order valence-corrected chi connectivity index (χ4v) is 3.20. The molecular weight excluding hydrogens is 328 g/mol. The summed E-state index contributed by atoms with van der Waals surface area (Å²) in [5.74, 6) is 0.461. The van der Waals surface area contributed by atoms with E-state index in [1.807, 2.05) is 31.2 Å². The lowest BCUT2D eigenvalue weighted by Crippen LogP contribution is -2.31. The highest BCUT2D eigenvalue weighted by Crippen LogP contribution is 2.26. The molecule has 2 aromatic carbocycles. The first kappa shape index (κ1) is 18.0. The molecule has 1 atom stereocenters. The first-order chi connectivity index (χ1) is 12.6. The van der Waals surface area contributed by atoms with Crippen molar-refractivity contribution in [3.8, 4) is 5.75 Å². The molecule has 1 heterocycles. The van der Waals surface area contributed by atoms with Crippen LogP contribution in [0.1, 0.15) is 47.4 Å². The number of hydrogen-bond donors (Lipinski definition) is 1. The maximum Gasteiger partial charge on any atom is 0.261 e. The van der Waals surface area contributed by atoms with E-state index >= 15 is 0 Å². The van der Waals surface area contributed by atoms with Gasteiger partial charge in [-0.15, -0.1) is 0 Å². The molecule has 0 saturated carbocycles. The number of imide groups is 1. The maximum absolute atomic E-state index is 12.4. The summed E-state index contributed by atoms with van der Waals surface area (Å²) in [7, 11) is 0. The predicted molar refractivity (Wildman–Crippen MR) is 102 cm³/mol. The van der Waals surface area contributed by atoms with Crippen LogP contribution in [0.3, 0.4) is 0 Å². The molecule has 0 spiro atoms. The zero-order valence-electron chi connectivity index (χ0n) is 15.2. The van der Waals surface area contributed by atoms with Crippen LogP contribution >= 0.6 is 0 Å². The minimum atomic E-state index is -0.187. The Labute approximate surface area is 154 Å². The van der Waals surface area contributed by atoms with E-state index in [-0.39, 0.29) is 17.9 Å². The van der Waals surface area contributed by atoms with Gasteiger partial charge in [-0.2, -0.15) is 0 Å². The Bertz CT molecular complexity index is 768. The van der Waals surface area contributed by atoms with Crippen molar-refractivity contribution in [3.05, 3.63) is 59.7 Å². The van der Waals surface area contributed by atoms with Gasteiger partial charge in [0.15, 0.2) is 0 Å². The number of amides is 2. The number of para-hydroxylation sites is 2. The molecule has 0 fully saturated rings. The molecule has 0 aliphatic carbocycles. The van der Waals surface area contributed by atoms with Gasteiger partial charge in [-0.05, 0) is 51.0 Å². The van der Waals surface area contributed by atoms with Gasteiger partial charge in [0.05, 0.1) is 23.4 Å². The Kier molecular flexibility index (Phi) is 5.56. The molecule has 0 unspecified atom stereocenters. The maximum atomic E-state index is 12.4. The number of fused-ring (bicyclic) bond motifs is 1. The van der Waals surface area contributed by atoms with Gasteiger partial charge in [-0.1, -0.05) is 24.3 Å². The van der Waals surface area contributed by atoms with Crippen molar-refractivity contribution in [1.29, 1.82) is 0 Å². The molecule has 0 radical (unpaired) electrons. The van der Waals surface area contributed by atoms with E-state index in [4.69, 9.17) is 4.74 Å². The number of rotatable bonds is 8. The molecule has 0 saturated heterocycles. The molecule has 1 aliphatic heterocycles. The quantitative estimate of drug-likeness (QED) is 0.731. The molecular formula is C21H24N2O3. The number of anilines is 1. The summed E-state index contributed by atoms with van der Waals surface area (Å²) in [6.45, 7) is 5.10. The zero-order valence-corrected chi connectivity index (χ0v) is 15.2. The van der Waals surface area contributed by atoms with Gasteiger partial charge >= 0.3 is 0 Å². The lowest BCUT2D eigenvalue weighted by atomic mass is 10.1. The van der Waals surface area contributed by atoms with Crippen LogP contribution in [0.15, 0.2) is 48.5 Å². The average Bonchev–Trinajstić information content (AvgIpc) is 2.89. The summed E-state index contributed by atoms with van der Waals surface area (Å²) in [5.41, 5.74) is 1.98. The Morgan fingerprint density at radius 2 is 1.62 bits per heavy atom. The van der Waals surface area contributed by atoms with E-state index in [9.17, 15) is 9.59 Å². The first-order valence-electron chi connectivity index (χ1n) is 9.05. The molecule has 0 aromatic heterocycles. The lowest BCUT2D eigenvalue weighted by molar-refractivity contribution is 0.0651. The van der Waals surface area contributed by atoms with Crippen molar-refractivity contribution in [1.82, 2.24) is 4.90 Å². The van der Waals surface area contributed by atoms with Crippen LogP contribution in [0.2, 0.25) is 0 Å². The predicted octanol–water partition coefficient (Wildman–Crippen LogP) is 3.96. The molecule has 136 valence electrons. The number of nitrogens with zero attached hydrogens (tertiary/aromatic N) is 1. The molecule has 2 amide bonds. The number of carbonyl (C=O) groups excluding carboxylic acids is 2. The number of benzene rings is 2. The molecule has 3 rings (SSSR count).